The van der Waals surface area contributed by atoms with Crippen molar-refractivity contribution in [3.63, 3.8) is 0 Å². The lowest BCUT2D eigenvalue weighted by molar-refractivity contribution is 0.373. The Bertz CT molecular complexity index is 1130. The van der Waals surface area contributed by atoms with Gasteiger partial charge in [-0.05, 0) is 30.5 Å². The predicted molar refractivity (Wildman–Crippen MR) is 108 cm³/mol. The Hall–Kier alpha value is -2.45. The van der Waals surface area contributed by atoms with Gasteiger partial charge in [0.15, 0.2) is 11.0 Å². The number of benzene rings is 1. The third kappa shape index (κ3) is 3.42. The summed E-state index contributed by atoms with van der Waals surface area (Å²) < 4.78 is 7.71. The van der Waals surface area contributed by atoms with E-state index in [0.717, 1.165) is 5.69 Å². The summed E-state index contributed by atoms with van der Waals surface area (Å²) in [5.74, 6) is 1.41. The van der Waals surface area contributed by atoms with Gasteiger partial charge in [0.1, 0.15) is 4.70 Å². The van der Waals surface area contributed by atoms with E-state index in [2.05, 4.69) is 10.1 Å². The van der Waals surface area contributed by atoms with Gasteiger partial charge in [-0.15, -0.1) is 11.3 Å². The molecule has 4 aromatic rings. The van der Waals surface area contributed by atoms with Crippen LogP contribution in [0, 0.1) is 0 Å². The molecule has 0 aliphatic rings. The third-order valence-electron chi connectivity index (χ3n) is 4.07. The number of fused-ring (bicyclic) bond motifs is 1. The molecule has 0 bridgehead atoms. The molecule has 27 heavy (non-hydrogen) atoms. The molecule has 8 heteroatoms. The lowest BCUT2D eigenvalue weighted by Crippen LogP contribution is -2.21. The highest BCUT2D eigenvalue weighted by molar-refractivity contribution is 7.99. The molecule has 0 unspecified atom stereocenters. The second-order valence-corrected chi connectivity index (χ2v) is 8.64. The fourth-order valence-corrected chi connectivity index (χ4v) is 4.35. The predicted octanol–water partition coefficient (Wildman–Crippen LogP) is 4.81. The summed E-state index contributed by atoms with van der Waals surface area (Å²) in [6.07, 6.45) is 0. The zero-order valence-corrected chi connectivity index (χ0v) is 16.8. The van der Waals surface area contributed by atoms with Gasteiger partial charge >= 0.3 is 0 Å². The quantitative estimate of drug-likeness (QED) is 0.355. The number of para-hydroxylation sites is 1. The number of hydrogen-bond donors (Lipinski definition) is 0. The van der Waals surface area contributed by atoms with Crippen LogP contribution >= 0.6 is 23.1 Å². The van der Waals surface area contributed by atoms with Crippen molar-refractivity contribution in [2.24, 2.45) is 0 Å². The molecular formula is C19H18N4O2S2. The maximum absolute atomic E-state index is 13.1. The molecule has 0 saturated carbocycles. The van der Waals surface area contributed by atoms with Crippen LogP contribution in [0.1, 0.15) is 43.7 Å². The fraction of sp³-hybridized carbons (Fsp3) is 0.263. The lowest BCUT2D eigenvalue weighted by Gasteiger charge is -2.13. The number of aromatic nitrogens is 4. The highest BCUT2D eigenvalue weighted by atomic mass is 32.2. The van der Waals surface area contributed by atoms with Gasteiger partial charge in [-0.3, -0.25) is 9.36 Å². The van der Waals surface area contributed by atoms with Gasteiger partial charge in [-0.1, -0.05) is 49.0 Å². The largest absolute Gasteiger partial charge is 0.338 e. The summed E-state index contributed by atoms with van der Waals surface area (Å²) in [4.78, 5) is 22.3. The third-order valence-corrected chi connectivity index (χ3v) is 6.00. The first-order chi connectivity index (χ1) is 13.0. The Kier molecular flexibility index (Phi) is 4.84. The van der Waals surface area contributed by atoms with Gasteiger partial charge in [0.2, 0.25) is 5.89 Å². The van der Waals surface area contributed by atoms with E-state index in [0.29, 0.717) is 27.1 Å². The molecule has 1 aromatic carbocycles. The molecule has 3 heterocycles. The molecule has 0 saturated heterocycles. The Balaban J connectivity index is 1.79. The van der Waals surface area contributed by atoms with Crippen LogP contribution in [-0.4, -0.2) is 19.7 Å². The van der Waals surface area contributed by atoms with E-state index in [9.17, 15) is 4.79 Å². The van der Waals surface area contributed by atoms with Crippen molar-refractivity contribution in [3.05, 3.63) is 63.8 Å². The topological polar surface area (TPSA) is 73.8 Å². The first kappa shape index (κ1) is 17.9. The first-order valence-corrected chi connectivity index (χ1v) is 10.4. The first-order valence-electron chi connectivity index (χ1n) is 8.60. The number of thioether (sulfide) groups is 1. The molecule has 0 fully saturated rings. The maximum Gasteiger partial charge on any atom is 0.276 e. The number of hydrogen-bond acceptors (Lipinski definition) is 7. The maximum atomic E-state index is 13.1. The van der Waals surface area contributed by atoms with Crippen LogP contribution in [0.5, 0.6) is 0 Å². The zero-order valence-electron chi connectivity index (χ0n) is 15.1. The van der Waals surface area contributed by atoms with E-state index in [4.69, 9.17) is 9.51 Å². The van der Waals surface area contributed by atoms with Crippen LogP contribution in [0.3, 0.4) is 0 Å². The summed E-state index contributed by atoms with van der Waals surface area (Å²) in [6, 6.07) is 11.4. The van der Waals surface area contributed by atoms with Crippen molar-refractivity contribution < 1.29 is 4.52 Å². The van der Waals surface area contributed by atoms with Crippen molar-refractivity contribution in [1.82, 2.24) is 19.7 Å². The second kappa shape index (κ2) is 7.28. The number of thiophene rings is 1. The number of rotatable bonds is 5. The minimum Gasteiger partial charge on any atom is -0.338 e. The second-order valence-electron chi connectivity index (χ2n) is 6.41. The Morgan fingerprint density at radius 2 is 1.89 bits per heavy atom. The molecule has 0 aliphatic carbocycles. The smallest absolute Gasteiger partial charge is 0.276 e. The van der Waals surface area contributed by atoms with Crippen LogP contribution in [0.25, 0.3) is 15.9 Å². The van der Waals surface area contributed by atoms with Crippen molar-refractivity contribution in [2.45, 2.75) is 37.1 Å². The summed E-state index contributed by atoms with van der Waals surface area (Å²) in [6.45, 7) is 6.01. The molecule has 0 N–H and O–H groups in total. The van der Waals surface area contributed by atoms with Crippen molar-refractivity contribution in [2.75, 3.05) is 0 Å². The average molecular weight is 399 g/mol. The minimum absolute atomic E-state index is 0.0655. The van der Waals surface area contributed by atoms with Gasteiger partial charge in [0.05, 0.1) is 16.5 Å². The Morgan fingerprint density at radius 3 is 2.59 bits per heavy atom. The standard InChI is InChI=1S/C19H18N4O2S2/c1-11(2)16-21-17(25-22-16)12(3)27-19-20-14-9-10-26-15(14)18(24)23(19)13-7-5-4-6-8-13/h4-12H,1-3H3/t12-/m0/s1. The van der Waals surface area contributed by atoms with E-state index in [1.54, 1.807) is 4.57 Å². The van der Waals surface area contributed by atoms with Crippen LogP contribution in [0.4, 0.5) is 0 Å². The molecule has 0 aliphatic heterocycles. The van der Waals surface area contributed by atoms with Crippen LogP contribution < -0.4 is 5.56 Å². The molecule has 138 valence electrons. The van der Waals surface area contributed by atoms with Crippen molar-refractivity contribution in [3.8, 4) is 5.69 Å². The normalized spacial score (nSPS) is 12.7. The summed E-state index contributed by atoms with van der Waals surface area (Å²) >= 11 is 2.84. The van der Waals surface area contributed by atoms with E-state index >= 15 is 0 Å². The monoisotopic (exact) mass is 398 g/mol. The lowest BCUT2D eigenvalue weighted by atomic mass is 10.2. The van der Waals surface area contributed by atoms with Gasteiger partial charge in [-0.25, -0.2) is 4.98 Å². The summed E-state index contributed by atoms with van der Waals surface area (Å²) in [5, 5.41) is 6.39. The van der Waals surface area contributed by atoms with Crippen molar-refractivity contribution >= 4 is 33.3 Å². The van der Waals surface area contributed by atoms with E-state index in [1.807, 2.05) is 62.5 Å². The highest BCUT2D eigenvalue weighted by Crippen LogP contribution is 2.34. The average Bonchev–Trinajstić information content (AvgIpc) is 3.32. The van der Waals surface area contributed by atoms with E-state index in [-0.39, 0.29) is 16.7 Å². The van der Waals surface area contributed by atoms with E-state index in [1.165, 1.54) is 23.1 Å². The summed E-state index contributed by atoms with van der Waals surface area (Å²) in [5.41, 5.74) is 1.43. The Labute approximate surface area is 164 Å². The molecule has 4 rings (SSSR count). The number of nitrogens with zero attached hydrogens (tertiary/aromatic N) is 4. The molecule has 0 radical (unpaired) electrons. The van der Waals surface area contributed by atoms with Gasteiger partial charge in [0, 0.05) is 5.92 Å². The zero-order chi connectivity index (χ0) is 19.0. The minimum atomic E-state index is -0.136. The summed E-state index contributed by atoms with van der Waals surface area (Å²) in [7, 11) is 0. The molecule has 6 nitrogen and oxygen atoms in total. The Morgan fingerprint density at radius 1 is 1.11 bits per heavy atom. The molecule has 3 aromatic heterocycles. The highest BCUT2D eigenvalue weighted by Gasteiger charge is 2.21. The van der Waals surface area contributed by atoms with Gasteiger partial charge < -0.3 is 4.52 Å². The molecule has 0 amide bonds. The fourth-order valence-electron chi connectivity index (χ4n) is 2.63. The van der Waals surface area contributed by atoms with Crippen molar-refractivity contribution in [1.29, 1.82) is 0 Å². The van der Waals surface area contributed by atoms with E-state index < -0.39 is 0 Å². The van der Waals surface area contributed by atoms with Gasteiger partial charge in [-0.2, -0.15) is 4.98 Å². The van der Waals surface area contributed by atoms with Crippen LogP contribution in [0.15, 0.2) is 56.3 Å². The van der Waals surface area contributed by atoms with Crippen LogP contribution in [0.2, 0.25) is 0 Å². The molecule has 1 atom stereocenters. The molecular weight excluding hydrogens is 380 g/mol. The SMILES string of the molecule is CC(C)c1noc([C@H](C)Sc2nc3ccsc3c(=O)n2-c2ccccc2)n1. The van der Waals surface area contributed by atoms with Gasteiger partial charge in [0.25, 0.3) is 5.56 Å². The van der Waals surface area contributed by atoms with Crippen LogP contribution in [-0.2, 0) is 0 Å². The molecule has 0 spiro atoms.